The normalized spacial score (nSPS) is 45.1. The topological polar surface area (TPSA) is 0 Å². The van der Waals surface area contributed by atoms with Crippen molar-refractivity contribution in [3.05, 3.63) is 11.6 Å². The highest BCUT2D eigenvalue weighted by molar-refractivity contribution is 7.80. The van der Waals surface area contributed by atoms with Gasteiger partial charge in [-0.25, -0.2) is 0 Å². The van der Waals surface area contributed by atoms with E-state index in [1.807, 2.05) is 0 Å². The molecule has 0 nitrogen and oxygen atoms in total. The average molecular weight is 403 g/mol. The van der Waals surface area contributed by atoms with E-state index >= 15 is 0 Å². The van der Waals surface area contributed by atoms with Crippen molar-refractivity contribution >= 4 is 12.6 Å². The molecule has 0 spiro atoms. The summed E-state index contributed by atoms with van der Waals surface area (Å²) in [6.07, 6.45) is 24.5. The summed E-state index contributed by atoms with van der Waals surface area (Å²) in [5.74, 6) is 3.99. The van der Waals surface area contributed by atoms with Crippen LogP contribution in [0.15, 0.2) is 11.6 Å². The summed E-state index contributed by atoms with van der Waals surface area (Å²) < 4.78 is 0. The molecule has 4 rings (SSSR count). The molecule has 0 N–H and O–H groups in total. The lowest BCUT2D eigenvalue weighted by Crippen LogP contribution is -2.50. The van der Waals surface area contributed by atoms with Crippen LogP contribution in [0.4, 0.5) is 0 Å². The largest absolute Gasteiger partial charge is 0.176 e. The number of allylic oxidation sites excluding steroid dienone is 2. The van der Waals surface area contributed by atoms with Crippen molar-refractivity contribution in [2.75, 3.05) is 0 Å². The third-order valence-corrected chi connectivity index (χ3v) is 10.6. The summed E-state index contributed by atoms with van der Waals surface area (Å²) in [6.45, 7) is 7.68. The first-order chi connectivity index (χ1) is 13.5. The molecule has 0 amide bonds. The maximum absolute atomic E-state index is 4.84. The molecule has 4 aliphatic rings. The first-order valence-corrected chi connectivity index (χ1v) is 13.4. The van der Waals surface area contributed by atoms with Crippen LogP contribution in [0.1, 0.15) is 117 Å². The average Bonchev–Trinajstić information content (AvgIpc) is 3.01. The van der Waals surface area contributed by atoms with Gasteiger partial charge in [0.2, 0.25) is 0 Å². The smallest absolute Gasteiger partial charge is 0.00545 e. The summed E-state index contributed by atoms with van der Waals surface area (Å²) in [7, 11) is 0. The first kappa shape index (κ1) is 21.3. The van der Waals surface area contributed by atoms with Crippen molar-refractivity contribution < 1.29 is 0 Å². The predicted octanol–water partition coefficient (Wildman–Crippen LogP) is 8.61. The summed E-state index contributed by atoms with van der Waals surface area (Å²) in [5.41, 5.74) is 2.97. The van der Waals surface area contributed by atoms with Crippen LogP contribution >= 0.6 is 12.6 Å². The van der Waals surface area contributed by atoms with Crippen LogP contribution in [0.2, 0.25) is 0 Å². The lowest BCUT2D eigenvalue weighted by atomic mass is 9.47. The van der Waals surface area contributed by atoms with E-state index in [0.29, 0.717) is 16.1 Å². The van der Waals surface area contributed by atoms with Gasteiger partial charge in [-0.1, -0.05) is 70.9 Å². The fourth-order valence-corrected chi connectivity index (χ4v) is 8.72. The molecule has 0 aromatic carbocycles. The molecule has 4 aliphatic carbocycles. The van der Waals surface area contributed by atoms with Gasteiger partial charge in [0.25, 0.3) is 0 Å². The van der Waals surface area contributed by atoms with Gasteiger partial charge in [-0.2, -0.15) is 12.6 Å². The van der Waals surface area contributed by atoms with Gasteiger partial charge in [-0.05, 0) is 92.3 Å². The molecule has 3 fully saturated rings. The fraction of sp³-hybridized carbons (Fsp3) is 0.926. The van der Waals surface area contributed by atoms with Crippen LogP contribution in [0.3, 0.4) is 0 Å². The Labute approximate surface area is 181 Å². The molecule has 0 unspecified atom stereocenters. The number of fused-ring (bicyclic) bond motifs is 5. The molecular formula is C27H46S. The number of thiol groups is 1. The third kappa shape index (κ3) is 3.76. The zero-order valence-corrected chi connectivity index (χ0v) is 19.9. The standard InChI is InChI=1S/C27H46S/c1-4-5-6-7-8-9-10-20-12-14-24-23-13-11-21-19-22(28)15-17-27(21,3)25(23)16-18-26(20,24)2/h11,20,22-25,28H,4-10,12-19H2,1-3H3/t20-,22-,23+,24-,25+,26+,27-/m0/s1. The van der Waals surface area contributed by atoms with Crippen LogP contribution < -0.4 is 0 Å². The predicted molar refractivity (Wildman–Crippen MR) is 126 cm³/mol. The van der Waals surface area contributed by atoms with Gasteiger partial charge in [0.1, 0.15) is 0 Å². The van der Waals surface area contributed by atoms with Gasteiger partial charge in [0.05, 0.1) is 0 Å². The number of rotatable bonds is 7. The second-order valence-electron chi connectivity index (χ2n) is 11.5. The Hall–Kier alpha value is 0.0900. The Morgan fingerprint density at radius 2 is 1.71 bits per heavy atom. The Balaban J connectivity index is 1.39. The number of hydrogen-bond donors (Lipinski definition) is 1. The quantitative estimate of drug-likeness (QED) is 0.246. The number of hydrogen-bond acceptors (Lipinski definition) is 1. The van der Waals surface area contributed by atoms with Crippen LogP contribution in [0.25, 0.3) is 0 Å². The minimum Gasteiger partial charge on any atom is -0.176 e. The zero-order chi connectivity index (χ0) is 19.8. The lowest BCUT2D eigenvalue weighted by Gasteiger charge is -2.58. The van der Waals surface area contributed by atoms with Gasteiger partial charge in [-0.15, -0.1) is 0 Å². The molecule has 0 heterocycles. The van der Waals surface area contributed by atoms with Crippen LogP contribution in [0.5, 0.6) is 0 Å². The van der Waals surface area contributed by atoms with Gasteiger partial charge >= 0.3 is 0 Å². The van der Waals surface area contributed by atoms with Gasteiger partial charge in [0.15, 0.2) is 0 Å². The Morgan fingerprint density at radius 3 is 2.54 bits per heavy atom. The Kier molecular flexibility index (Phi) is 6.61. The van der Waals surface area contributed by atoms with Gasteiger partial charge in [-0.3, -0.25) is 0 Å². The van der Waals surface area contributed by atoms with Gasteiger partial charge in [0, 0.05) is 5.25 Å². The molecule has 1 heteroatoms. The SMILES string of the molecule is CCCCCCCC[C@H]1CC[C@H]2[C@H]3CC=C4C[C@@H](S)CC[C@]4(C)[C@@H]3CC[C@]12C. The van der Waals surface area contributed by atoms with E-state index in [1.165, 1.54) is 96.3 Å². The molecule has 0 bridgehead atoms. The van der Waals surface area contributed by atoms with Crippen LogP contribution in [-0.2, 0) is 0 Å². The molecular weight excluding hydrogens is 356 g/mol. The molecule has 28 heavy (non-hydrogen) atoms. The lowest BCUT2D eigenvalue weighted by molar-refractivity contribution is -0.0421. The van der Waals surface area contributed by atoms with Crippen molar-refractivity contribution in [2.24, 2.45) is 34.5 Å². The van der Waals surface area contributed by atoms with E-state index < -0.39 is 0 Å². The molecule has 0 radical (unpaired) electrons. The molecule has 0 saturated heterocycles. The van der Waals surface area contributed by atoms with Crippen molar-refractivity contribution in [3.63, 3.8) is 0 Å². The van der Waals surface area contributed by atoms with E-state index in [4.69, 9.17) is 12.6 Å². The Morgan fingerprint density at radius 1 is 0.929 bits per heavy atom. The highest BCUT2D eigenvalue weighted by Gasteiger charge is 2.58. The van der Waals surface area contributed by atoms with Crippen molar-refractivity contribution in [3.8, 4) is 0 Å². The zero-order valence-electron chi connectivity index (χ0n) is 19.0. The summed E-state index contributed by atoms with van der Waals surface area (Å²) >= 11 is 4.84. The monoisotopic (exact) mass is 402 g/mol. The summed E-state index contributed by atoms with van der Waals surface area (Å²) in [5, 5.41) is 0.623. The summed E-state index contributed by atoms with van der Waals surface area (Å²) in [6, 6.07) is 0. The minimum absolute atomic E-state index is 0.515. The number of unbranched alkanes of at least 4 members (excludes halogenated alkanes) is 5. The second kappa shape index (κ2) is 8.68. The van der Waals surface area contributed by atoms with Crippen molar-refractivity contribution in [1.82, 2.24) is 0 Å². The maximum Gasteiger partial charge on any atom is 0.00545 e. The van der Waals surface area contributed by atoms with Gasteiger partial charge < -0.3 is 0 Å². The minimum atomic E-state index is 0.515. The van der Waals surface area contributed by atoms with E-state index in [-0.39, 0.29) is 0 Å². The van der Waals surface area contributed by atoms with E-state index in [0.717, 1.165) is 23.7 Å². The third-order valence-electron chi connectivity index (χ3n) is 10.2. The van der Waals surface area contributed by atoms with Crippen LogP contribution in [0, 0.1) is 34.5 Å². The molecule has 0 aromatic heterocycles. The Bertz CT molecular complexity index is 565. The molecule has 3 saturated carbocycles. The first-order valence-electron chi connectivity index (χ1n) is 12.9. The van der Waals surface area contributed by atoms with Crippen LogP contribution in [-0.4, -0.2) is 5.25 Å². The van der Waals surface area contributed by atoms with Crippen molar-refractivity contribution in [1.29, 1.82) is 0 Å². The van der Waals surface area contributed by atoms with Crippen molar-refractivity contribution in [2.45, 2.75) is 122 Å². The molecule has 0 aromatic rings. The fourth-order valence-electron chi connectivity index (χ4n) is 8.40. The second-order valence-corrected chi connectivity index (χ2v) is 12.3. The maximum atomic E-state index is 4.84. The van der Waals surface area contributed by atoms with E-state index in [2.05, 4.69) is 26.8 Å². The highest BCUT2D eigenvalue weighted by atomic mass is 32.1. The summed E-state index contributed by atoms with van der Waals surface area (Å²) in [4.78, 5) is 0. The molecule has 7 atom stereocenters. The molecule has 160 valence electrons. The van der Waals surface area contributed by atoms with E-state index in [1.54, 1.807) is 5.57 Å². The molecule has 0 aliphatic heterocycles. The highest BCUT2D eigenvalue weighted by Crippen LogP contribution is 2.66. The van der Waals surface area contributed by atoms with E-state index in [9.17, 15) is 0 Å².